The monoisotopic (exact) mass is 273 g/mol. The predicted molar refractivity (Wildman–Crippen MR) is 81.3 cm³/mol. The number of hydrogen-bond donors (Lipinski definition) is 2. The van der Waals surface area contributed by atoms with Crippen LogP contribution in [0, 0.1) is 5.41 Å². The summed E-state index contributed by atoms with van der Waals surface area (Å²) in [5, 5.41) is 12.1. The summed E-state index contributed by atoms with van der Waals surface area (Å²) in [5.74, 6) is 0.196. The van der Waals surface area contributed by atoms with Crippen molar-refractivity contribution in [3.05, 3.63) is 29.8 Å². The highest BCUT2D eigenvalue weighted by molar-refractivity contribution is 6.02. The number of nitrogens with two attached hydrogens (primary N) is 1. The highest BCUT2D eigenvalue weighted by Crippen LogP contribution is 2.46. The van der Waals surface area contributed by atoms with Crippen molar-refractivity contribution in [2.24, 2.45) is 16.3 Å². The van der Waals surface area contributed by atoms with E-state index in [4.69, 9.17) is 10.9 Å². The average molecular weight is 273 g/mol. The fourth-order valence-electron chi connectivity index (χ4n) is 3.87. The topological polar surface area (TPSA) is 61.9 Å². The van der Waals surface area contributed by atoms with Gasteiger partial charge in [-0.2, -0.15) is 0 Å². The first kappa shape index (κ1) is 13.3. The summed E-state index contributed by atoms with van der Waals surface area (Å²) in [6, 6.07) is 7.94. The number of rotatable bonds is 2. The fourth-order valence-corrected chi connectivity index (χ4v) is 3.87. The molecule has 4 heteroatoms. The van der Waals surface area contributed by atoms with Crippen LogP contribution in [0.2, 0.25) is 0 Å². The van der Waals surface area contributed by atoms with E-state index in [0.717, 1.165) is 24.3 Å². The second kappa shape index (κ2) is 5.35. The number of hydrogen-bond acceptors (Lipinski definition) is 3. The van der Waals surface area contributed by atoms with Crippen LogP contribution in [0.15, 0.2) is 29.4 Å². The normalized spacial score (nSPS) is 22.4. The third-order valence-corrected chi connectivity index (χ3v) is 5.12. The maximum absolute atomic E-state index is 8.92. The molecule has 1 aromatic rings. The molecule has 4 nitrogen and oxygen atoms in total. The minimum absolute atomic E-state index is 0.196. The zero-order chi connectivity index (χ0) is 14.0. The summed E-state index contributed by atoms with van der Waals surface area (Å²) in [6.45, 7) is 2.16. The lowest BCUT2D eigenvalue weighted by Gasteiger charge is -2.41. The lowest BCUT2D eigenvalue weighted by atomic mass is 9.77. The summed E-state index contributed by atoms with van der Waals surface area (Å²) >= 11 is 0. The Bertz CT molecular complexity index is 496. The molecule has 1 aliphatic carbocycles. The van der Waals surface area contributed by atoms with Gasteiger partial charge in [-0.15, -0.1) is 0 Å². The summed E-state index contributed by atoms with van der Waals surface area (Å²) in [6.07, 6.45) is 8.17. The summed E-state index contributed by atoms with van der Waals surface area (Å²) in [5.41, 5.74) is 8.33. The second-order valence-electron chi connectivity index (χ2n) is 6.20. The molecule has 1 aliphatic heterocycles. The summed E-state index contributed by atoms with van der Waals surface area (Å²) in [4.78, 5) is 2.39. The molecule has 0 unspecified atom stereocenters. The Labute approximate surface area is 120 Å². The van der Waals surface area contributed by atoms with Gasteiger partial charge in [-0.05, 0) is 43.2 Å². The SMILES string of the molecule is NC(=NO)c1ccccc1N1CCC2(CCCC2)CC1. The third kappa shape index (κ3) is 2.35. The molecule has 3 rings (SSSR count). The molecule has 1 saturated heterocycles. The van der Waals surface area contributed by atoms with Crippen molar-refractivity contribution in [1.29, 1.82) is 0 Å². The number of amidine groups is 1. The van der Waals surface area contributed by atoms with E-state index in [9.17, 15) is 0 Å². The molecule has 1 saturated carbocycles. The van der Waals surface area contributed by atoms with Gasteiger partial charge in [0.05, 0.1) is 0 Å². The Morgan fingerprint density at radius 1 is 1.10 bits per heavy atom. The maximum atomic E-state index is 8.92. The molecule has 0 atom stereocenters. The Morgan fingerprint density at radius 3 is 2.40 bits per heavy atom. The molecule has 3 N–H and O–H groups in total. The molecule has 20 heavy (non-hydrogen) atoms. The van der Waals surface area contributed by atoms with Gasteiger partial charge in [-0.25, -0.2) is 0 Å². The van der Waals surface area contributed by atoms with E-state index >= 15 is 0 Å². The van der Waals surface area contributed by atoms with Gasteiger partial charge in [-0.3, -0.25) is 0 Å². The maximum Gasteiger partial charge on any atom is 0.172 e. The van der Waals surface area contributed by atoms with Crippen molar-refractivity contribution < 1.29 is 5.21 Å². The number of oxime groups is 1. The summed E-state index contributed by atoms with van der Waals surface area (Å²) in [7, 11) is 0. The van der Waals surface area contributed by atoms with E-state index in [1.165, 1.54) is 38.5 Å². The molecule has 108 valence electrons. The van der Waals surface area contributed by atoms with Crippen molar-refractivity contribution in [2.45, 2.75) is 38.5 Å². The van der Waals surface area contributed by atoms with E-state index in [2.05, 4.69) is 16.1 Å². The Hall–Kier alpha value is -1.71. The summed E-state index contributed by atoms with van der Waals surface area (Å²) < 4.78 is 0. The highest BCUT2D eigenvalue weighted by Gasteiger charge is 2.37. The highest BCUT2D eigenvalue weighted by atomic mass is 16.4. The van der Waals surface area contributed by atoms with Crippen LogP contribution >= 0.6 is 0 Å². The largest absolute Gasteiger partial charge is 0.409 e. The lowest BCUT2D eigenvalue weighted by Crippen LogP contribution is -2.39. The van der Waals surface area contributed by atoms with Crippen molar-refractivity contribution in [1.82, 2.24) is 0 Å². The lowest BCUT2D eigenvalue weighted by molar-refractivity contribution is 0.226. The van der Waals surface area contributed by atoms with Gasteiger partial charge in [-0.1, -0.05) is 30.1 Å². The number of para-hydroxylation sites is 1. The molecule has 1 aromatic carbocycles. The molecular weight excluding hydrogens is 250 g/mol. The average Bonchev–Trinajstić information content (AvgIpc) is 2.95. The van der Waals surface area contributed by atoms with Gasteiger partial charge in [0, 0.05) is 24.3 Å². The van der Waals surface area contributed by atoms with Crippen molar-refractivity contribution in [3.63, 3.8) is 0 Å². The molecule has 1 spiro atoms. The first-order valence-corrected chi connectivity index (χ1v) is 7.56. The van der Waals surface area contributed by atoms with E-state index < -0.39 is 0 Å². The molecule has 1 heterocycles. The fraction of sp³-hybridized carbons (Fsp3) is 0.562. The van der Waals surface area contributed by atoms with Gasteiger partial charge in [0.15, 0.2) is 5.84 Å². The van der Waals surface area contributed by atoms with Crippen molar-refractivity contribution in [2.75, 3.05) is 18.0 Å². The number of benzene rings is 1. The van der Waals surface area contributed by atoms with Gasteiger partial charge >= 0.3 is 0 Å². The minimum atomic E-state index is 0.196. The predicted octanol–water partition coefficient (Wildman–Crippen LogP) is 2.94. The first-order chi connectivity index (χ1) is 9.74. The molecule has 0 bridgehead atoms. The third-order valence-electron chi connectivity index (χ3n) is 5.12. The van der Waals surface area contributed by atoms with Crippen molar-refractivity contribution >= 4 is 11.5 Å². The minimum Gasteiger partial charge on any atom is -0.409 e. The van der Waals surface area contributed by atoms with Crippen LogP contribution in [-0.4, -0.2) is 24.1 Å². The van der Waals surface area contributed by atoms with Gasteiger partial charge in [0.2, 0.25) is 0 Å². The number of anilines is 1. The molecule has 2 aliphatic rings. The van der Waals surface area contributed by atoms with Gasteiger partial charge in [0.1, 0.15) is 0 Å². The van der Waals surface area contributed by atoms with Crippen LogP contribution in [0.3, 0.4) is 0 Å². The van der Waals surface area contributed by atoms with Crippen LogP contribution < -0.4 is 10.6 Å². The zero-order valence-electron chi connectivity index (χ0n) is 11.9. The Balaban J connectivity index is 1.78. The zero-order valence-corrected chi connectivity index (χ0v) is 11.9. The van der Waals surface area contributed by atoms with Crippen LogP contribution in [0.25, 0.3) is 0 Å². The van der Waals surface area contributed by atoms with Crippen molar-refractivity contribution in [3.8, 4) is 0 Å². The quantitative estimate of drug-likeness (QED) is 0.377. The molecule has 2 fully saturated rings. The van der Waals surface area contributed by atoms with Crippen LogP contribution in [0.4, 0.5) is 5.69 Å². The Kier molecular flexibility index (Phi) is 3.55. The van der Waals surface area contributed by atoms with E-state index in [-0.39, 0.29) is 5.84 Å². The van der Waals surface area contributed by atoms with E-state index in [1.54, 1.807) is 0 Å². The molecule has 0 amide bonds. The molecule has 0 radical (unpaired) electrons. The first-order valence-electron chi connectivity index (χ1n) is 7.56. The van der Waals surface area contributed by atoms with Crippen LogP contribution in [0.5, 0.6) is 0 Å². The van der Waals surface area contributed by atoms with Gasteiger partial charge < -0.3 is 15.8 Å². The van der Waals surface area contributed by atoms with Gasteiger partial charge in [0.25, 0.3) is 0 Å². The number of piperidine rings is 1. The molecular formula is C16H23N3O. The van der Waals surface area contributed by atoms with E-state index in [1.807, 2.05) is 18.2 Å². The smallest absolute Gasteiger partial charge is 0.172 e. The van der Waals surface area contributed by atoms with Crippen LogP contribution in [0.1, 0.15) is 44.1 Å². The second-order valence-corrected chi connectivity index (χ2v) is 6.20. The Morgan fingerprint density at radius 2 is 1.75 bits per heavy atom. The number of nitrogens with zero attached hydrogens (tertiary/aromatic N) is 2. The van der Waals surface area contributed by atoms with Crippen LogP contribution in [-0.2, 0) is 0 Å². The van der Waals surface area contributed by atoms with E-state index in [0.29, 0.717) is 5.41 Å². The standard InChI is InChI=1S/C16H23N3O/c17-15(18-20)13-5-1-2-6-14(13)19-11-9-16(10-12-19)7-3-4-8-16/h1-2,5-6,20H,3-4,7-12H2,(H2,17,18). The molecule has 0 aromatic heterocycles.